The number of likely N-dealkylation sites (tertiary alicyclic amines) is 1. The van der Waals surface area contributed by atoms with E-state index in [4.69, 9.17) is 0 Å². The molecule has 3 saturated heterocycles. The Morgan fingerprint density at radius 2 is 1.83 bits per heavy atom. The summed E-state index contributed by atoms with van der Waals surface area (Å²) < 4.78 is 1.94. The number of carbonyl (C=O) groups excluding carboxylic acids is 1. The fourth-order valence-corrected chi connectivity index (χ4v) is 5.83. The summed E-state index contributed by atoms with van der Waals surface area (Å²) in [7, 11) is 0. The van der Waals surface area contributed by atoms with Crippen LogP contribution >= 0.6 is 0 Å². The summed E-state index contributed by atoms with van der Waals surface area (Å²) in [6.07, 6.45) is 7.69. The first-order valence-corrected chi connectivity index (χ1v) is 10.9. The third-order valence-corrected chi connectivity index (χ3v) is 7.09. The van der Waals surface area contributed by atoms with Gasteiger partial charge in [0.15, 0.2) is 0 Å². The highest BCUT2D eigenvalue weighted by atomic mass is 16.3. The summed E-state index contributed by atoms with van der Waals surface area (Å²) in [5, 5.41) is 14.3. The molecule has 0 aliphatic carbocycles. The van der Waals surface area contributed by atoms with Crippen molar-refractivity contribution in [3.8, 4) is 0 Å². The lowest BCUT2D eigenvalue weighted by Gasteiger charge is -2.56. The van der Waals surface area contributed by atoms with Gasteiger partial charge in [0.25, 0.3) is 0 Å². The molecule has 0 unspecified atom stereocenters. The highest BCUT2D eigenvalue weighted by molar-refractivity contribution is 5.78. The average Bonchev–Trinajstić information content (AvgIpc) is 3.24. The van der Waals surface area contributed by atoms with Crippen LogP contribution in [0.3, 0.4) is 0 Å². The molecule has 4 heterocycles. The van der Waals surface area contributed by atoms with Gasteiger partial charge in [0.1, 0.15) is 0 Å². The second-order valence-electron chi connectivity index (χ2n) is 8.98. The lowest BCUT2D eigenvalue weighted by molar-refractivity contribution is -0.155. The number of piperidine rings is 3. The number of nitrogens with zero attached hydrogens (tertiary/aromatic N) is 4. The van der Waals surface area contributed by atoms with Gasteiger partial charge in [-0.1, -0.05) is 24.3 Å². The third-order valence-electron chi connectivity index (χ3n) is 7.09. The third kappa shape index (κ3) is 3.71. The SMILES string of the molecule is O=C1CCC[C@H]2[C@@H]3C[C@@H](CN(Cc4ccc(Cn5cccn5)cc4)C3)[C@H](CO)N12. The number of hydrogen-bond acceptors (Lipinski definition) is 4. The molecule has 6 heteroatoms. The van der Waals surface area contributed by atoms with Crippen molar-refractivity contribution in [2.45, 2.75) is 50.9 Å². The Hall–Kier alpha value is -2.18. The van der Waals surface area contributed by atoms with Gasteiger partial charge in [-0.25, -0.2) is 0 Å². The van der Waals surface area contributed by atoms with Crippen LogP contribution in [0.5, 0.6) is 0 Å². The molecule has 29 heavy (non-hydrogen) atoms. The van der Waals surface area contributed by atoms with E-state index in [1.807, 2.05) is 23.1 Å². The van der Waals surface area contributed by atoms with E-state index in [1.54, 1.807) is 0 Å². The highest BCUT2D eigenvalue weighted by Crippen LogP contribution is 2.41. The van der Waals surface area contributed by atoms with Crippen LogP contribution in [0.25, 0.3) is 0 Å². The summed E-state index contributed by atoms with van der Waals surface area (Å²) in [6.45, 7) is 3.85. The van der Waals surface area contributed by atoms with Gasteiger partial charge < -0.3 is 10.0 Å². The fraction of sp³-hybridized carbons (Fsp3) is 0.565. The molecular weight excluding hydrogens is 364 g/mol. The average molecular weight is 395 g/mol. The van der Waals surface area contributed by atoms with Crippen molar-refractivity contribution in [1.82, 2.24) is 19.6 Å². The Morgan fingerprint density at radius 1 is 1.07 bits per heavy atom. The summed E-state index contributed by atoms with van der Waals surface area (Å²) in [5.41, 5.74) is 2.58. The molecular formula is C23H30N4O2. The zero-order valence-electron chi connectivity index (χ0n) is 16.9. The predicted octanol–water partition coefficient (Wildman–Crippen LogP) is 2.13. The van der Waals surface area contributed by atoms with Crippen molar-refractivity contribution >= 4 is 5.91 Å². The van der Waals surface area contributed by atoms with E-state index in [9.17, 15) is 9.90 Å². The maximum Gasteiger partial charge on any atom is 0.223 e. The number of rotatable bonds is 5. The summed E-state index contributed by atoms with van der Waals surface area (Å²) in [4.78, 5) is 17.2. The molecule has 3 fully saturated rings. The van der Waals surface area contributed by atoms with Gasteiger partial charge in [0, 0.05) is 44.5 Å². The van der Waals surface area contributed by atoms with Crippen LogP contribution in [0.4, 0.5) is 0 Å². The normalized spacial score (nSPS) is 29.7. The molecule has 1 aromatic heterocycles. The molecule has 2 bridgehead atoms. The lowest BCUT2D eigenvalue weighted by atomic mass is 9.72. The largest absolute Gasteiger partial charge is 0.394 e. The molecule has 6 nitrogen and oxygen atoms in total. The van der Waals surface area contributed by atoms with Crippen LogP contribution in [-0.2, 0) is 17.9 Å². The van der Waals surface area contributed by atoms with E-state index >= 15 is 0 Å². The molecule has 2 aromatic rings. The molecule has 1 aromatic carbocycles. The minimum atomic E-state index is 0.00305. The second kappa shape index (κ2) is 7.92. The van der Waals surface area contributed by atoms with Crippen LogP contribution in [-0.4, -0.2) is 62.4 Å². The Balaban J connectivity index is 1.26. The van der Waals surface area contributed by atoms with Gasteiger partial charge in [-0.3, -0.25) is 14.4 Å². The quantitative estimate of drug-likeness (QED) is 0.844. The van der Waals surface area contributed by atoms with Crippen molar-refractivity contribution in [2.75, 3.05) is 19.7 Å². The Kier molecular flexibility index (Phi) is 5.14. The minimum Gasteiger partial charge on any atom is -0.394 e. The van der Waals surface area contributed by atoms with Gasteiger partial charge in [0.2, 0.25) is 5.91 Å². The van der Waals surface area contributed by atoms with Crippen LogP contribution in [0.1, 0.15) is 36.8 Å². The molecule has 3 aliphatic heterocycles. The predicted molar refractivity (Wildman–Crippen MR) is 110 cm³/mol. The van der Waals surface area contributed by atoms with Gasteiger partial charge in [-0.15, -0.1) is 0 Å². The van der Waals surface area contributed by atoms with Crippen LogP contribution in [0, 0.1) is 11.8 Å². The summed E-state index contributed by atoms with van der Waals surface area (Å²) >= 11 is 0. The summed E-state index contributed by atoms with van der Waals surface area (Å²) in [5.74, 6) is 1.19. The first-order valence-electron chi connectivity index (χ1n) is 10.9. The van der Waals surface area contributed by atoms with Gasteiger partial charge in [-0.2, -0.15) is 5.10 Å². The second-order valence-corrected chi connectivity index (χ2v) is 8.98. The molecule has 154 valence electrons. The number of hydrogen-bond donors (Lipinski definition) is 1. The maximum atomic E-state index is 12.5. The number of carbonyl (C=O) groups is 1. The van der Waals surface area contributed by atoms with Gasteiger partial charge >= 0.3 is 0 Å². The number of fused-ring (bicyclic) bond motifs is 4. The molecule has 0 spiro atoms. The van der Waals surface area contributed by atoms with Crippen molar-refractivity contribution in [3.63, 3.8) is 0 Å². The van der Waals surface area contributed by atoms with Crippen LogP contribution < -0.4 is 0 Å². The molecule has 3 aliphatic rings. The van der Waals surface area contributed by atoms with Crippen molar-refractivity contribution in [2.24, 2.45) is 11.8 Å². The standard InChI is InChI=1S/C23H30N4O2/c28-16-22-20-11-19(21-3-1-4-23(29)27(21)22)14-25(15-20)12-17-5-7-18(8-6-17)13-26-10-2-9-24-26/h2,5-10,19-22,28H,1,3-4,11-16H2/t19-,20+,21+,22+/m1/s1. The Bertz CT molecular complexity index is 821. The number of amides is 1. The molecule has 0 radical (unpaired) electrons. The van der Waals surface area contributed by atoms with Crippen LogP contribution in [0.2, 0.25) is 0 Å². The minimum absolute atomic E-state index is 0.00305. The van der Waals surface area contributed by atoms with E-state index in [-0.39, 0.29) is 18.6 Å². The number of aliphatic hydroxyl groups is 1. The topological polar surface area (TPSA) is 61.6 Å². The first kappa shape index (κ1) is 18.8. The van der Waals surface area contributed by atoms with E-state index in [0.29, 0.717) is 24.3 Å². The van der Waals surface area contributed by atoms with Crippen LogP contribution in [0.15, 0.2) is 42.7 Å². The zero-order chi connectivity index (χ0) is 19.8. The van der Waals surface area contributed by atoms with E-state index in [2.05, 4.69) is 39.2 Å². The van der Waals surface area contributed by atoms with Crippen molar-refractivity contribution < 1.29 is 9.90 Å². The van der Waals surface area contributed by atoms with E-state index in [0.717, 1.165) is 45.4 Å². The lowest BCUT2D eigenvalue weighted by Crippen LogP contribution is -2.65. The van der Waals surface area contributed by atoms with E-state index < -0.39 is 0 Å². The molecule has 4 atom stereocenters. The number of aromatic nitrogens is 2. The van der Waals surface area contributed by atoms with E-state index in [1.165, 1.54) is 11.1 Å². The first-order chi connectivity index (χ1) is 14.2. The van der Waals surface area contributed by atoms with Crippen molar-refractivity contribution in [3.05, 3.63) is 53.9 Å². The van der Waals surface area contributed by atoms with Gasteiger partial charge in [0.05, 0.1) is 19.2 Å². The molecule has 1 N–H and O–H groups in total. The fourth-order valence-electron chi connectivity index (χ4n) is 5.83. The number of benzene rings is 1. The highest BCUT2D eigenvalue weighted by Gasteiger charge is 2.48. The Morgan fingerprint density at radius 3 is 2.55 bits per heavy atom. The monoisotopic (exact) mass is 394 g/mol. The van der Waals surface area contributed by atoms with Gasteiger partial charge in [-0.05, 0) is 48.3 Å². The number of aliphatic hydroxyl groups excluding tert-OH is 1. The zero-order valence-corrected chi connectivity index (χ0v) is 16.9. The molecule has 1 amide bonds. The molecule has 5 rings (SSSR count). The van der Waals surface area contributed by atoms with Crippen molar-refractivity contribution in [1.29, 1.82) is 0 Å². The molecule has 0 saturated carbocycles. The maximum absolute atomic E-state index is 12.5. The summed E-state index contributed by atoms with van der Waals surface area (Å²) in [6, 6.07) is 11.1. The Labute approximate surface area is 172 Å². The smallest absolute Gasteiger partial charge is 0.223 e.